The van der Waals surface area contributed by atoms with Gasteiger partial charge in [-0.3, -0.25) is 14.6 Å². The Morgan fingerprint density at radius 3 is 2.53 bits per heavy atom. The number of aromatic nitrogens is 2. The largest absolute Gasteiger partial charge is 0.342 e. The molecule has 1 aromatic heterocycles. The molecular formula is C31H43N3O2. The van der Waals surface area contributed by atoms with Gasteiger partial charge in [0, 0.05) is 36.9 Å². The standard InChI is InChI=1S/C29H37N3O2.C2H6/c1-5-22-17-21(4)23(14-15-27(33)20(2)3)18-24(22)26-19-31-29(32-26)13-9-7-6-8-12-28(34)25-11-10-16-30-25;1-2/h10,14-20H,5-9,11-13H2,1-4H3,(H,31,32);1-2H3/b15-14-;. The van der Waals surface area contributed by atoms with Crippen LogP contribution in [0.5, 0.6) is 0 Å². The van der Waals surface area contributed by atoms with Gasteiger partial charge in [0.05, 0.1) is 17.6 Å². The summed E-state index contributed by atoms with van der Waals surface area (Å²) < 4.78 is 0. The maximum absolute atomic E-state index is 12.0. The number of benzene rings is 1. The Hall–Kier alpha value is -3.08. The highest BCUT2D eigenvalue weighted by Gasteiger charge is 2.13. The lowest BCUT2D eigenvalue weighted by atomic mass is 9.95. The Balaban J connectivity index is 0.00000222. The van der Waals surface area contributed by atoms with Gasteiger partial charge in [0.2, 0.25) is 0 Å². The Kier molecular flexibility index (Phi) is 12.2. The molecule has 3 rings (SSSR count). The van der Waals surface area contributed by atoms with Crippen molar-refractivity contribution in [3.8, 4) is 11.3 Å². The SMILES string of the molecule is CC.CCc1cc(C)c(/C=C\C(=O)C(C)C)cc1-c1cnc(CCCCCCC(=O)C2=NC=CC2)[nH]1. The molecule has 5 nitrogen and oxygen atoms in total. The number of hydrogen-bond acceptors (Lipinski definition) is 4. The summed E-state index contributed by atoms with van der Waals surface area (Å²) >= 11 is 0. The van der Waals surface area contributed by atoms with Crippen molar-refractivity contribution in [3.63, 3.8) is 0 Å². The molecular weight excluding hydrogens is 446 g/mol. The first-order valence-corrected chi connectivity index (χ1v) is 13.5. The molecule has 0 fully saturated rings. The van der Waals surface area contributed by atoms with E-state index in [2.05, 4.69) is 40.9 Å². The maximum Gasteiger partial charge on any atom is 0.177 e. The number of aliphatic imine (C=N–C) groups is 1. The van der Waals surface area contributed by atoms with Crippen LogP contribution in [0.25, 0.3) is 17.3 Å². The van der Waals surface area contributed by atoms with E-state index >= 15 is 0 Å². The summed E-state index contributed by atoms with van der Waals surface area (Å²) in [7, 11) is 0. The lowest BCUT2D eigenvalue weighted by molar-refractivity contribution is -0.117. The second-order valence-electron chi connectivity index (χ2n) is 9.36. The summed E-state index contributed by atoms with van der Waals surface area (Å²) in [6.07, 6.45) is 16.4. The quantitative estimate of drug-likeness (QED) is 0.232. The summed E-state index contributed by atoms with van der Waals surface area (Å²) in [5, 5.41) is 0. The fraction of sp³-hybridized carbons (Fsp3) is 0.484. The molecule has 0 radical (unpaired) electrons. The van der Waals surface area contributed by atoms with Crippen molar-refractivity contribution in [2.75, 3.05) is 0 Å². The normalized spacial score (nSPS) is 12.7. The number of aromatic amines is 1. The van der Waals surface area contributed by atoms with Gasteiger partial charge in [-0.05, 0) is 55.0 Å². The van der Waals surface area contributed by atoms with Crippen molar-refractivity contribution < 1.29 is 9.59 Å². The van der Waals surface area contributed by atoms with Gasteiger partial charge in [-0.25, -0.2) is 4.98 Å². The molecule has 0 saturated carbocycles. The van der Waals surface area contributed by atoms with Crippen molar-refractivity contribution in [1.82, 2.24) is 9.97 Å². The average Bonchev–Trinajstić information content (AvgIpc) is 3.59. The zero-order chi connectivity index (χ0) is 26.5. The number of carbonyl (C=O) groups is 2. The van der Waals surface area contributed by atoms with E-state index < -0.39 is 0 Å². The molecule has 2 heterocycles. The van der Waals surface area contributed by atoms with Gasteiger partial charge < -0.3 is 4.98 Å². The monoisotopic (exact) mass is 489 g/mol. The van der Waals surface area contributed by atoms with Gasteiger partial charge in [0.1, 0.15) is 5.82 Å². The number of rotatable bonds is 13. The summed E-state index contributed by atoms with van der Waals surface area (Å²) in [6, 6.07) is 4.38. The third-order valence-corrected chi connectivity index (χ3v) is 6.32. The third-order valence-electron chi connectivity index (χ3n) is 6.32. The van der Waals surface area contributed by atoms with Gasteiger partial charge in [-0.2, -0.15) is 0 Å². The van der Waals surface area contributed by atoms with Crippen LogP contribution in [0.2, 0.25) is 0 Å². The molecule has 1 N–H and O–H groups in total. The van der Waals surface area contributed by atoms with E-state index in [4.69, 9.17) is 0 Å². The predicted molar refractivity (Wildman–Crippen MR) is 151 cm³/mol. The molecule has 1 aliphatic rings. The molecule has 0 unspecified atom stereocenters. The molecule has 0 atom stereocenters. The van der Waals surface area contributed by atoms with Gasteiger partial charge in [0.15, 0.2) is 11.6 Å². The molecule has 0 amide bonds. The van der Waals surface area contributed by atoms with Crippen LogP contribution in [0, 0.1) is 12.8 Å². The van der Waals surface area contributed by atoms with E-state index in [-0.39, 0.29) is 17.5 Å². The Bertz CT molecular complexity index is 1100. The molecule has 2 aromatic rings. The zero-order valence-corrected chi connectivity index (χ0v) is 23.0. The summed E-state index contributed by atoms with van der Waals surface area (Å²) in [5.74, 6) is 1.32. The van der Waals surface area contributed by atoms with Crippen LogP contribution >= 0.6 is 0 Å². The first-order chi connectivity index (χ1) is 17.4. The Labute approximate surface area is 217 Å². The number of aryl methyl sites for hydroxylation is 3. The van der Waals surface area contributed by atoms with E-state index in [1.807, 2.05) is 46.0 Å². The van der Waals surface area contributed by atoms with Gasteiger partial charge in [0.25, 0.3) is 0 Å². The number of carbonyl (C=O) groups excluding carboxylic acids is 2. The maximum atomic E-state index is 12.0. The molecule has 0 bridgehead atoms. The number of allylic oxidation sites excluding steroid dienone is 2. The molecule has 36 heavy (non-hydrogen) atoms. The van der Waals surface area contributed by atoms with Crippen LogP contribution < -0.4 is 0 Å². The highest BCUT2D eigenvalue weighted by molar-refractivity contribution is 6.40. The second kappa shape index (κ2) is 15.1. The highest BCUT2D eigenvalue weighted by Crippen LogP contribution is 2.28. The molecule has 0 saturated heterocycles. The fourth-order valence-electron chi connectivity index (χ4n) is 4.12. The van der Waals surface area contributed by atoms with E-state index in [1.165, 1.54) is 11.1 Å². The molecule has 5 heteroatoms. The number of hydrogen-bond donors (Lipinski definition) is 1. The zero-order valence-electron chi connectivity index (χ0n) is 23.0. The molecule has 0 spiro atoms. The minimum Gasteiger partial charge on any atom is -0.342 e. The predicted octanol–water partition coefficient (Wildman–Crippen LogP) is 7.63. The van der Waals surface area contributed by atoms with E-state index in [1.54, 1.807) is 12.3 Å². The van der Waals surface area contributed by atoms with Crippen molar-refractivity contribution >= 4 is 23.4 Å². The minimum absolute atomic E-state index is 0.000550. The van der Waals surface area contributed by atoms with Gasteiger partial charge >= 0.3 is 0 Å². The van der Waals surface area contributed by atoms with Crippen LogP contribution in [0.1, 0.15) is 95.7 Å². The lowest BCUT2D eigenvalue weighted by Gasteiger charge is -2.11. The summed E-state index contributed by atoms with van der Waals surface area (Å²) in [6.45, 7) is 12.1. The number of nitrogens with one attached hydrogen (secondary N) is 1. The third kappa shape index (κ3) is 8.54. The van der Waals surface area contributed by atoms with Crippen LogP contribution in [-0.4, -0.2) is 27.2 Å². The number of Topliss-reactive ketones (excluding diaryl/α,β-unsaturated/α-hetero) is 1. The van der Waals surface area contributed by atoms with Crippen molar-refractivity contribution in [3.05, 3.63) is 59.2 Å². The average molecular weight is 490 g/mol. The number of nitrogens with zero attached hydrogens (tertiary/aromatic N) is 2. The first-order valence-electron chi connectivity index (χ1n) is 13.5. The Morgan fingerprint density at radius 2 is 1.86 bits per heavy atom. The molecule has 1 aromatic carbocycles. The van der Waals surface area contributed by atoms with Crippen molar-refractivity contribution in [2.24, 2.45) is 10.9 Å². The van der Waals surface area contributed by atoms with Crippen molar-refractivity contribution in [2.45, 2.75) is 92.9 Å². The van der Waals surface area contributed by atoms with Crippen LogP contribution in [0.3, 0.4) is 0 Å². The first kappa shape index (κ1) is 29.2. The second-order valence-corrected chi connectivity index (χ2v) is 9.36. The van der Waals surface area contributed by atoms with Gasteiger partial charge in [-0.1, -0.05) is 65.7 Å². The Morgan fingerprint density at radius 1 is 1.11 bits per heavy atom. The summed E-state index contributed by atoms with van der Waals surface area (Å²) in [5.41, 5.74) is 6.37. The number of unbranched alkanes of at least 4 members (excludes halogenated alkanes) is 3. The smallest absolute Gasteiger partial charge is 0.177 e. The van der Waals surface area contributed by atoms with Crippen LogP contribution in [0.15, 0.2) is 41.7 Å². The number of H-pyrrole nitrogens is 1. The number of ketones is 2. The van der Waals surface area contributed by atoms with Crippen molar-refractivity contribution in [1.29, 1.82) is 0 Å². The number of imidazole rings is 1. The van der Waals surface area contributed by atoms with E-state index in [0.717, 1.165) is 61.2 Å². The summed E-state index contributed by atoms with van der Waals surface area (Å²) in [4.78, 5) is 36.3. The lowest BCUT2D eigenvalue weighted by Crippen LogP contribution is -2.10. The van der Waals surface area contributed by atoms with Gasteiger partial charge in [-0.15, -0.1) is 0 Å². The van der Waals surface area contributed by atoms with Crippen LogP contribution in [-0.2, 0) is 22.4 Å². The van der Waals surface area contributed by atoms with Crippen LogP contribution in [0.4, 0.5) is 0 Å². The minimum atomic E-state index is 0.000550. The highest BCUT2D eigenvalue weighted by atomic mass is 16.1. The molecule has 1 aliphatic heterocycles. The van der Waals surface area contributed by atoms with E-state index in [0.29, 0.717) is 18.6 Å². The molecule has 194 valence electrons. The topological polar surface area (TPSA) is 75.2 Å². The molecule has 0 aliphatic carbocycles. The van der Waals surface area contributed by atoms with E-state index in [9.17, 15) is 9.59 Å². The fourth-order valence-corrected chi connectivity index (χ4v) is 4.12.